The molecular formula is C14H18. The van der Waals surface area contributed by atoms with Crippen molar-refractivity contribution in [3.05, 3.63) is 35.4 Å². The molecule has 0 bridgehead atoms. The highest BCUT2D eigenvalue weighted by Crippen LogP contribution is 2.51. The van der Waals surface area contributed by atoms with Crippen molar-refractivity contribution in [2.75, 3.05) is 0 Å². The van der Waals surface area contributed by atoms with Gasteiger partial charge in [0.2, 0.25) is 0 Å². The molecule has 0 heterocycles. The number of rotatable bonds is 2. The van der Waals surface area contributed by atoms with E-state index < -0.39 is 0 Å². The van der Waals surface area contributed by atoms with Gasteiger partial charge in [0, 0.05) is 0 Å². The van der Waals surface area contributed by atoms with Crippen molar-refractivity contribution in [1.29, 1.82) is 0 Å². The fraction of sp³-hybridized carbons (Fsp3) is 0.571. The Labute approximate surface area is 86.3 Å². The highest BCUT2D eigenvalue weighted by atomic mass is 14.5. The molecule has 74 valence electrons. The first kappa shape index (κ1) is 8.52. The maximum absolute atomic E-state index is 2.46. The van der Waals surface area contributed by atoms with Gasteiger partial charge in [-0.1, -0.05) is 38.1 Å². The molecule has 2 aliphatic rings. The largest absolute Gasteiger partial charge is 0.0617 e. The van der Waals surface area contributed by atoms with E-state index in [2.05, 4.69) is 38.1 Å². The topological polar surface area (TPSA) is 0 Å². The average Bonchev–Trinajstić information content (AvgIpc) is 3.08. The molecule has 14 heavy (non-hydrogen) atoms. The van der Waals surface area contributed by atoms with Crippen LogP contribution in [0.15, 0.2) is 24.3 Å². The minimum absolute atomic E-state index is 0.529. The van der Waals surface area contributed by atoms with E-state index >= 15 is 0 Å². The first-order chi connectivity index (χ1) is 6.62. The van der Waals surface area contributed by atoms with Crippen molar-refractivity contribution in [3.8, 4) is 0 Å². The molecule has 1 aromatic rings. The van der Waals surface area contributed by atoms with E-state index in [0.29, 0.717) is 10.8 Å². The fourth-order valence-corrected chi connectivity index (χ4v) is 2.22. The number of benzene rings is 1. The van der Waals surface area contributed by atoms with Crippen LogP contribution in [0.4, 0.5) is 0 Å². The maximum Gasteiger partial charge on any atom is -0.00745 e. The monoisotopic (exact) mass is 186 g/mol. The van der Waals surface area contributed by atoms with Gasteiger partial charge in [-0.3, -0.25) is 0 Å². The van der Waals surface area contributed by atoms with Gasteiger partial charge in [0.15, 0.2) is 0 Å². The minimum Gasteiger partial charge on any atom is -0.0617 e. The molecule has 2 aliphatic carbocycles. The molecule has 0 heteroatoms. The van der Waals surface area contributed by atoms with Gasteiger partial charge in [0.05, 0.1) is 0 Å². The second-order valence-corrected chi connectivity index (χ2v) is 5.70. The van der Waals surface area contributed by atoms with Crippen LogP contribution in [0.5, 0.6) is 0 Å². The summed E-state index contributed by atoms with van der Waals surface area (Å²) in [5, 5.41) is 0. The Kier molecular flexibility index (Phi) is 1.47. The Morgan fingerprint density at radius 1 is 0.857 bits per heavy atom. The van der Waals surface area contributed by atoms with Crippen LogP contribution in [0.25, 0.3) is 0 Å². The molecule has 0 aromatic heterocycles. The molecule has 0 aliphatic heterocycles. The lowest BCUT2D eigenvalue weighted by molar-refractivity contribution is 0.756. The van der Waals surface area contributed by atoms with Crippen LogP contribution in [0, 0.1) is 0 Å². The summed E-state index contributed by atoms with van der Waals surface area (Å²) in [6.07, 6.45) is 5.53. The number of hydrogen-bond donors (Lipinski definition) is 0. The molecular weight excluding hydrogens is 168 g/mol. The summed E-state index contributed by atoms with van der Waals surface area (Å²) in [6, 6.07) is 9.32. The van der Waals surface area contributed by atoms with E-state index in [1.807, 2.05) is 0 Å². The Balaban J connectivity index is 1.99. The molecule has 0 amide bonds. The van der Waals surface area contributed by atoms with Crippen LogP contribution in [0.3, 0.4) is 0 Å². The van der Waals surface area contributed by atoms with E-state index in [-0.39, 0.29) is 0 Å². The van der Waals surface area contributed by atoms with Crippen molar-refractivity contribution < 1.29 is 0 Å². The van der Waals surface area contributed by atoms with Crippen LogP contribution < -0.4 is 0 Å². The Morgan fingerprint density at radius 3 is 1.64 bits per heavy atom. The summed E-state index contributed by atoms with van der Waals surface area (Å²) < 4.78 is 0. The summed E-state index contributed by atoms with van der Waals surface area (Å²) >= 11 is 0. The Bertz CT molecular complexity index is 334. The number of hydrogen-bond acceptors (Lipinski definition) is 0. The van der Waals surface area contributed by atoms with E-state index in [1.54, 1.807) is 11.1 Å². The van der Waals surface area contributed by atoms with Gasteiger partial charge in [-0.25, -0.2) is 0 Å². The van der Waals surface area contributed by atoms with Gasteiger partial charge in [0.25, 0.3) is 0 Å². The maximum atomic E-state index is 2.46. The van der Waals surface area contributed by atoms with Gasteiger partial charge in [-0.2, -0.15) is 0 Å². The third kappa shape index (κ3) is 1.20. The van der Waals surface area contributed by atoms with Crippen molar-refractivity contribution in [1.82, 2.24) is 0 Å². The van der Waals surface area contributed by atoms with Crippen LogP contribution in [0.1, 0.15) is 50.7 Å². The molecule has 2 saturated carbocycles. The summed E-state index contributed by atoms with van der Waals surface area (Å²) in [7, 11) is 0. The smallest absolute Gasteiger partial charge is 0.00745 e. The lowest BCUT2D eigenvalue weighted by Crippen LogP contribution is -2.04. The van der Waals surface area contributed by atoms with Crippen LogP contribution >= 0.6 is 0 Å². The van der Waals surface area contributed by atoms with Gasteiger partial charge in [0.1, 0.15) is 0 Å². The highest BCUT2D eigenvalue weighted by Gasteiger charge is 2.42. The second kappa shape index (κ2) is 2.42. The van der Waals surface area contributed by atoms with E-state index in [4.69, 9.17) is 0 Å². The van der Waals surface area contributed by atoms with Crippen molar-refractivity contribution in [2.24, 2.45) is 0 Å². The zero-order valence-electron chi connectivity index (χ0n) is 9.14. The summed E-state index contributed by atoms with van der Waals surface area (Å²) in [6.45, 7) is 4.78. The van der Waals surface area contributed by atoms with Crippen LogP contribution in [0.2, 0.25) is 0 Å². The first-order valence-electron chi connectivity index (χ1n) is 5.74. The molecule has 0 atom stereocenters. The van der Waals surface area contributed by atoms with E-state index in [1.165, 1.54) is 25.7 Å². The van der Waals surface area contributed by atoms with Gasteiger partial charge < -0.3 is 0 Å². The molecule has 3 rings (SSSR count). The Morgan fingerprint density at radius 2 is 1.29 bits per heavy atom. The van der Waals surface area contributed by atoms with Crippen molar-refractivity contribution in [3.63, 3.8) is 0 Å². The zero-order chi connectivity index (χ0) is 9.81. The van der Waals surface area contributed by atoms with Crippen LogP contribution in [-0.4, -0.2) is 0 Å². The second-order valence-electron chi connectivity index (χ2n) is 5.70. The van der Waals surface area contributed by atoms with Crippen LogP contribution in [-0.2, 0) is 10.8 Å². The lowest BCUT2D eigenvalue weighted by atomic mass is 9.91. The molecule has 0 N–H and O–H groups in total. The van der Waals surface area contributed by atoms with Crippen molar-refractivity contribution >= 4 is 0 Å². The van der Waals surface area contributed by atoms with Gasteiger partial charge in [-0.15, -0.1) is 0 Å². The summed E-state index contributed by atoms with van der Waals surface area (Å²) in [4.78, 5) is 0. The molecule has 0 nitrogen and oxygen atoms in total. The molecule has 1 aromatic carbocycles. The predicted molar refractivity (Wildman–Crippen MR) is 59.6 cm³/mol. The molecule has 2 fully saturated rings. The van der Waals surface area contributed by atoms with Gasteiger partial charge >= 0.3 is 0 Å². The van der Waals surface area contributed by atoms with E-state index in [9.17, 15) is 0 Å². The summed E-state index contributed by atoms with van der Waals surface area (Å²) in [5.74, 6) is 0. The highest BCUT2D eigenvalue weighted by molar-refractivity contribution is 5.38. The zero-order valence-corrected chi connectivity index (χ0v) is 9.14. The SMILES string of the molecule is CC1(c2cccc(C3(C)CC3)c2)CC1. The fourth-order valence-electron chi connectivity index (χ4n) is 2.22. The molecule has 0 saturated heterocycles. The molecule has 0 unspecified atom stereocenters. The third-order valence-electron chi connectivity index (χ3n) is 4.26. The predicted octanol–water partition coefficient (Wildman–Crippen LogP) is 3.79. The Hall–Kier alpha value is -0.780. The van der Waals surface area contributed by atoms with Gasteiger partial charge in [-0.05, 0) is 47.6 Å². The quantitative estimate of drug-likeness (QED) is 0.659. The summed E-state index contributed by atoms with van der Waals surface area (Å²) in [5.41, 5.74) is 4.20. The molecule has 0 spiro atoms. The first-order valence-corrected chi connectivity index (χ1v) is 5.74. The average molecular weight is 186 g/mol. The lowest BCUT2D eigenvalue weighted by Gasteiger charge is -2.14. The standard InChI is InChI=1S/C14H18/c1-13(6-7-13)11-4-3-5-12(10-11)14(2)8-9-14/h3-5,10H,6-9H2,1-2H3. The molecule has 0 radical (unpaired) electrons. The third-order valence-corrected chi connectivity index (χ3v) is 4.26. The normalized spacial score (nSPS) is 25.9. The van der Waals surface area contributed by atoms with Crippen molar-refractivity contribution in [2.45, 2.75) is 50.4 Å². The van der Waals surface area contributed by atoms with E-state index in [0.717, 1.165) is 0 Å². The minimum atomic E-state index is 0.529.